The SMILES string of the molecule is CCOC(=O)CN1N=N[C@@H]2C(=O)N(c3ccccc3)C(=O)[C@@H]21. The Hall–Kier alpha value is -2.77. The third kappa shape index (κ3) is 2.22. The van der Waals surface area contributed by atoms with Crippen molar-refractivity contribution < 1.29 is 19.1 Å². The molecule has 2 aliphatic rings. The molecule has 1 fully saturated rings. The number of ether oxygens (including phenoxy) is 1. The van der Waals surface area contributed by atoms with Gasteiger partial charge in [0.2, 0.25) is 0 Å². The van der Waals surface area contributed by atoms with E-state index in [1.807, 2.05) is 0 Å². The van der Waals surface area contributed by atoms with Crippen LogP contribution in [0.1, 0.15) is 6.92 Å². The van der Waals surface area contributed by atoms with Crippen LogP contribution in [0.4, 0.5) is 5.69 Å². The minimum Gasteiger partial charge on any atom is -0.465 e. The number of esters is 1. The molecule has 3 rings (SSSR count). The van der Waals surface area contributed by atoms with E-state index in [2.05, 4.69) is 10.3 Å². The van der Waals surface area contributed by atoms with Gasteiger partial charge >= 0.3 is 5.97 Å². The standard InChI is InChI=1S/C14H14N4O4/c1-2-22-10(19)8-17-12-11(15-16-17)13(20)18(14(12)21)9-6-4-3-5-7-9/h3-7,11-12H,2,8H2,1H3/t11-,12+/m0/s1. The van der Waals surface area contributed by atoms with Crippen molar-refractivity contribution >= 4 is 23.5 Å². The van der Waals surface area contributed by atoms with Crippen LogP contribution in [0.3, 0.4) is 0 Å². The summed E-state index contributed by atoms with van der Waals surface area (Å²) in [6, 6.07) is 6.83. The summed E-state index contributed by atoms with van der Waals surface area (Å²) >= 11 is 0. The van der Waals surface area contributed by atoms with Crippen molar-refractivity contribution in [3.05, 3.63) is 30.3 Å². The first-order valence-electron chi connectivity index (χ1n) is 6.89. The van der Waals surface area contributed by atoms with Crippen molar-refractivity contribution in [3.63, 3.8) is 0 Å². The minimum atomic E-state index is -0.901. The molecular formula is C14H14N4O4. The molecule has 0 radical (unpaired) electrons. The first-order valence-corrected chi connectivity index (χ1v) is 6.89. The first kappa shape index (κ1) is 14.2. The van der Waals surface area contributed by atoms with Gasteiger partial charge in [-0.15, -0.1) is 0 Å². The first-order chi connectivity index (χ1) is 10.6. The maximum Gasteiger partial charge on any atom is 0.327 e. The monoisotopic (exact) mass is 302 g/mol. The van der Waals surface area contributed by atoms with E-state index in [1.165, 1.54) is 5.01 Å². The number of hydrogen-bond donors (Lipinski definition) is 0. The molecule has 0 unspecified atom stereocenters. The van der Waals surface area contributed by atoms with Crippen LogP contribution in [-0.4, -0.2) is 48.0 Å². The molecule has 0 aliphatic carbocycles. The molecule has 22 heavy (non-hydrogen) atoms. The zero-order chi connectivity index (χ0) is 15.7. The lowest BCUT2D eigenvalue weighted by Crippen LogP contribution is -2.42. The third-order valence-corrected chi connectivity index (χ3v) is 3.47. The van der Waals surface area contributed by atoms with Crippen LogP contribution >= 0.6 is 0 Å². The van der Waals surface area contributed by atoms with Gasteiger partial charge in [0, 0.05) is 0 Å². The van der Waals surface area contributed by atoms with Crippen LogP contribution in [0.15, 0.2) is 40.7 Å². The highest BCUT2D eigenvalue weighted by molar-refractivity contribution is 6.25. The van der Waals surface area contributed by atoms with Crippen LogP contribution in [0.2, 0.25) is 0 Å². The van der Waals surface area contributed by atoms with Crippen molar-refractivity contribution in [2.45, 2.75) is 19.0 Å². The fourth-order valence-corrected chi connectivity index (χ4v) is 2.52. The Morgan fingerprint density at radius 2 is 1.95 bits per heavy atom. The summed E-state index contributed by atoms with van der Waals surface area (Å²) in [5.74, 6) is -1.38. The van der Waals surface area contributed by atoms with Crippen LogP contribution in [0.5, 0.6) is 0 Å². The van der Waals surface area contributed by atoms with E-state index in [1.54, 1.807) is 37.3 Å². The lowest BCUT2D eigenvalue weighted by molar-refractivity contribution is -0.145. The molecule has 1 saturated heterocycles. The van der Waals surface area contributed by atoms with E-state index < -0.39 is 29.9 Å². The van der Waals surface area contributed by atoms with Gasteiger partial charge in [0.05, 0.1) is 12.3 Å². The predicted octanol–water partition coefficient (Wildman–Crippen LogP) is 0.543. The average molecular weight is 302 g/mol. The van der Waals surface area contributed by atoms with Gasteiger partial charge < -0.3 is 4.74 Å². The molecule has 0 saturated carbocycles. The summed E-state index contributed by atoms with van der Waals surface area (Å²) in [7, 11) is 0. The van der Waals surface area contributed by atoms with Crippen LogP contribution in [-0.2, 0) is 19.1 Å². The molecular weight excluding hydrogens is 288 g/mol. The van der Waals surface area contributed by atoms with Crippen molar-refractivity contribution in [1.29, 1.82) is 0 Å². The number of hydrogen-bond acceptors (Lipinski definition) is 7. The van der Waals surface area contributed by atoms with E-state index in [0.29, 0.717) is 5.69 Å². The third-order valence-electron chi connectivity index (χ3n) is 3.47. The number of benzene rings is 1. The fourth-order valence-electron chi connectivity index (χ4n) is 2.52. The number of carbonyl (C=O) groups is 3. The van der Waals surface area contributed by atoms with Gasteiger partial charge in [-0.3, -0.25) is 19.4 Å². The van der Waals surface area contributed by atoms with E-state index in [9.17, 15) is 14.4 Å². The zero-order valence-electron chi connectivity index (χ0n) is 11.9. The smallest absolute Gasteiger partial charge is 0.327 e. The number of rotatable bonds is 4. The Morgan fingerprint density at radius 1 is 1.23 bits per heavy atom. The second-order valence-electron chi connectivity index (χ2n) is 4.84. The highest BCUT2D eigenvalue weighted by atomic mass is 16.5. The number of amides is 2. The lowest BCUT2D eigenvalue weighted by atomic mass is 10.2. The number of para-hydroxylation sites is 1. The Labute approximate surface area is 126 Å². The van der Waals surface area contributed by atoms with E-state index in [4.69, 9.17) is 4.74 Å². The van der Waals surface area contributed by atoms with E-state index in [0.717, 1.165) is 4.90 Å². The Morgan fingerprint density at radius 3 is 2.64 bits per heavy atom. The molecule has 2 atom stereocenters. The Balaban J connectivity index is 1.82. The number of anilines is 1. The molecule has 2 amide bonds. The fraction of sp³-hybridized carbons (Fsp3) is 0.357. The highest BCUT2D eigenvalue weighted by Crippen LogP contribution is 2.31. The molecule has 1 aromatic carbocycles. The Bertz CT molecular complexity index is 646. The minimum absolute atomic E-state index is 0.208. The molecule has 0 aromatic heterocycles. The molecule has 2 aliphatic heterocycles. The highest BCUT2D eigenvalue weighted by Gasteiger charge is 2.55. The molecule has 8 heteroatoms. The topological polar surface area (TPSA) is 91.6 Å². The largest absolute Gasteiger partial charge is 0.465 e. The summed E-state index contributed by atoms with van der Waals surface area (Å²) in [6.07, 6.45) is 0. The maximum absolute atomic E-state index is 12.5. The summed E-state index contributed by atoms with van der Waals surface area (Å²) in [5.41, 5.74) is 0.484. The Kier molecular flexibility index (Phi) is 3.58. The van der Waals surface area contributed by atoms with Gasteiger partial charge in [-0.2, -0.15) is 5.11 Å². The number of carbonyl (C=O) groups excluding carboxylic acids is 3. The van der Waals surface area contributed by atoms with Crippen LogP contribution in [0.25, 0.3) is 0 Å². The normalized spacial score (nSPS) is 23.1. The van der Waals surface area contributed by atoms with Gasteiger partial charge in [-0.05, 0) is 19.1 Å². The molecule has 1 aromatic rings. The summed E-state index contributed by atoms with van der Waals surface area (Å²) < 4.78 is 4.83. The second kappa shape index (κ2) is 5.55. The van der Waals surface area contributed by atoms with Crippen molar-refractivity contribution in [1.82, 2.24) is 5.01 Å². The quantitative estimate of drug-likeness (QED) is 0.598. The zero-order valence-corrected chi connectivity index (χ0v) is 11.9. The molecule has 0 bridgehead atoms. The van der Waals surface area contributed by atoms with E-state index in [-0.39, 0.29) is 13.2 Å². The summed E-state index contributed by atoms with van der Waals surface area (Å²) in [4.78, 5) is 37.5. The molecule has 0 N–H and O–H groups in total. The lowest BCUT2D eigenvalue weighted by Gasteiger charge is -2.19. The predicted molar refractivity (Wildman–Crippen MR) is 74.7 cm³/mol. The van der Waals surface area contributed by atoms with E-state index >= 15 is 0 Å². The van der Waals surface area contributed by atoms with Crippen LogP contribution in [0, 0.1) is 0 Å². The molecule has 8 nitrogen and oxygen atoms in total. The average Bonchev–Trinajstić information content (AvgIpc) is 3.02. The van der Waals surface area contributed by atoms with Gasteiger partial charge in [0.15, 0.2) is 12.1 Å². The van der Waals surface area contributed by atoms with Gasteiger partial charge in [-0.1, -0.05) is 23.4 Å². The molecule has 114 valence electrons. The maximum atomic E-state index is 12.5. The van der Waals surface area contributed by atoms with Gasteiger partial charge in [-0.25, -0.2) is 4.90 Å². The van der Waals surface area contributed by atoms with Gasteiger partial charge in [0.1, 0.15) is 6.54 Å². The van der Waals surface area contributed by atoms with Crippen molar-refractivity contribution in [2.75, 3.05) is 18.1 Å². The number of imide groups is 1. The molecule has 0 spiro atoms. The number of fused-ring (bicyclic) bond motifs is 1. The molecule has 2 heterocycles. The van der Waals surface area contributed by atoms with Crippen LogP contribution < -0.4 is 4.90 Å². The summed E-state index contributed by atoms with van der Waals surface area (Å²) in [5, 5.41) is 8.81. The van der Waals surface area contributed by atoms with Gasteiger partial charge in [0.25, 0.3) is 11.8 Å². The summed E-state index contributed by atoms with van der Waals surface area (Å²) in [6.45, 7) is 1.72. The number of nitrogens with zero attached hydrogens (tertiary/aromatic N) is 4. The van der Waals surface area contributed by atoms with Crippen molar-refractivity contribution in [3.8, 4) is 0 Å². The van der Waals surface area contributed by atoms with Crippen molar-refractivity contribution in [2.24, 2.45) is 10.3 Å². The second-order valence-corrected chi connectivity index (χ2v) is 4.84.